The van der Waals surface area contributed by atoms with E-state index in [1.54, 1.807) is 7.11 Å². The summed E-state index contributed by atoms with van der Waals surface area (Å²) in [7, 11) is 1.63. The molecule has 1 rings (SSSR count). The molecule has 0 aromatic heterocycles. The minimum absolute atomic E-state index is 0.0767. The smallest absolute Gasteiger partial charge is 0.239 e. The monoisotopic (exact) mass is 378 g/mol. The van der Waals surface area contributed by atoms with Crippen LogP contribution in [0.5, 0.6) is 11.5 Å². The lowest BCUT2D eigenvalue weighted by molar-refractivity contribution is -0.121. The van der Waals surface area contributed by atoms with Gasteiger partial charge in [-0.3, -0.25) is 4.79 Å². The van der Waals surface area contributed by atoms with E-state index in [1.807, 2.05) is 45.9 Å². The standard InChI is InChI=1S/C20H34N4O3/c1-7-11-27-16-10-9-15(12-17(16)26-6)13-22-19(21-8-2)23-14-18(25)24-20(3,4)5/h9-10,12H,7-8,11,13-14H2,1-6H3,(H,24,25)(H2,21,22,23). The Hall–Kier alpha value is -2.44. The lowest BCUT2D eigenvalue weighted by atomic mass is 10.1. The van der Waals surface area contributed by atoms with Gasteiger partial charge in [-0.15, -0.1) is 0 Å². The van der Waals surface area contributed by atoms with Crippen LogP contribution in [0.15, 0.2) is 23.2 Å². The van der Waals surface area contributed by atoms with Crippen LogP contribution in [0.2, 0.25) is 0 Å². The predicted octanol–water partition coefficient (Wildman–Crippen LogP) is 2.45. The summed E-state index contributed by atoms with van der Waals surface area (Å²) in [5.41, 5.74) is 0.735. The molecule has 0 aliphatic carbocycles. The van der Waals surface area contributed by atoms with Gasteiger partial charge >= 0.3 is 0 Å². The Labute approximate surface area is 162 Å². The summed E-state index contributed by atoms with van der Waals surface area (Å²) in [4.78, 5) is 16.5. The molecule has 0 aliphatic rings. The van der Waals surface area contributed by atoms with Crippen molar-refractivity contribution in [3.63, 3.8) is 0 Å². The molecule has 0 aliphatic heterocycles. The van der Waals surface area contributed by atoms with E-state index in [0.717, 1.165) is 17.7 Å². The van der Waals surface area contributed by atoms with Crippen LogP contribution >= 0.6 is 0 Å². The van der Waals surface area contributed by atoms with Gasteiger partial charge in [0.15, 0.2) is 17.5 Å². The van der Waals surface area contributed by atoms with Crippen LogP contribution in [-0.4, -0.2) is 44.2 Å². The SMILES string of the molecule is CCCOc1ccc(CN=C(NCC)NCC(=O)NC(C)(C)C)cc1OC. The molecule has 0 unspecified atom stereocenters. The minimum atomic E-state index is -0.258. The van der Waals surface area contributed by atoms with Gasteiger partial charge in [-0.25, -0.2) is 4.99 Å². The fourth-order valence-electron chi connectivity index (χ4n) is 2.28. The Kier molecular flexibility index (Phi) is 9.47. The molecule has 1 aromatic rings. The van der Waals surface area contributed by atoms with Crippen LogP contribution in [0.1, 0.15) is 46.6 Å². The number of benzene rings is 1. The topological polar surface area (TPSA) is 84.0 Å². The van der Waals surface area contributed by atoms with Gasteiger partial charge in [0.05, 0.1) is 26.8 Å². The Balaban J connectivity index is 2.72. The molecule has 0 saturated carbocycles. The van der Waals surface area contributed by atoms with Crippen LogP contribution in [0.4, 0.5) is 0 Å². The number of rotatable bonds is 9. The molecule has 1 amide bonds. The number of ether oxygens (including phenoxy) is 2. The van der Waals surface area contributed by atoms with Crippen LogP contribution in [0, 0.1) is 0 Å². The van der Waals surface area contributed by atoms with Crippen LogP contribution in [0.3, 0.4) is 0 Å². The van der Waals surface area contributed by atoms with Crippen molar-refractivity contribution in [3.8, 4) is 11.5 Å². The Morgan fingerprint density at radius 3 is 2.48 bits per heavy atom. The summed E-state index contributed by atoms with van der Waals surface area (Å²) in [5.74, 6) is 1.94. The quantitative estimate of drug-likeness (QED) is 0.454. The Morgan fingerprint density at radius 1 is 1.15 bits per heavy atom. The third-order valence-corrected chi connectivity index (χ3v) is 3.38. The molecule has 0 fully saturated rings. The Bertz CT molecular complexity index is 624. The van der Waals surface area contributed by atoms with Gasteiger partial charge in [0.25, 0.3) is 0 Å². The fraction of sp³-hybridized carbons (Fsp3) is 0.600. The van der Waals surface area contributed by atoms with Gasteiger partial charge in [0.2, 0.25) is 5.91 Å². The second kappa shape index (κ2) is 11.3. The number of hydrogen-bond acceptors (Lipinski definition) is 4. The second-order valence-electron chi connectivity index (χ2n) is 7.18. The number of carbonyl (C=O) groups excluding carboxylic acids is 1. The first-order chi connectivity index (χ1) is 12.8. The molecule has 0 radical (unpaired) electrons. The molecule has 27 heavy (non-hydrogen) atoms. The van der Waals surface area contributed by atoms with E-state index in [2.05, 4.69) is 27.9 Å². The lowest BCUT2D eigenvalue weighted by Gasteiger charge is -2.21. The first-order valence-electron chi connectivity index (χ1n) is 9.42. The number of nitrogens with one attached hydrogen (secondary N) is 3. The molecule has 7 nitrogen and oxygen atoms in total. The number of methoxy groups -OCH3 is 1. The predicted molar refractivity (Wildman–Crippen MR) is 109 cm³/mol. The molecule has 0 saturated heterocycles. The molecule has 0 bridgehead atoms. The zero-order chi connectivity index (χ0) is 20.3. The summed E-state index contributed by atoms with van der Waals surface area (Å²) in [5, 5.41) is 9.11. The van der Waals surface area contributed by atoms with Crippen molar-refractivity contribution < 1.29 is 14.3 Å². The van der Waals surface area contributed by atoms with Crippen molar-refractivity contribution >= 4 is 11.9 Å². The maximum Gasteiger partial charge on any atom is 0.239 e. The molecule has 3 N–H and O–H groups in total. The van der Waals surface area contributed by atoms with Crippen molar-refractivity contribution in [1.29, 1.82) is 0 Å². The molecule has 0 atom stereocenters. The third kappa shape index (κ3) is 9.17. The molecule has 1 aromatic carbocycles. The van der Waals surface area contributed by atoms with Gasteiger partial charge in [-0.2, -0.15) is 0 Å². The van der Waals surface area contributed by atoms with E-state index in [1.165, 1.54) is 0 Å². The van der Waals surface area contributed by atoms with Crippen molar-refractivity contribution in [2.45, 2.75) is 53.1 Å². The van der Waals surface area contributed by atoms with Crippen LogP contribution in [0.25, 0.3) is 0 Å². The van der Waals surface area contributed by atoms with Crippen molar-refractivity contribution in [3.05, 3.63) is 23.8 Å². The van der Waals surface area contributed by atoms with Crippen molar-refractivity contribution in [2.75, 3.05) is 26.8 Å². The van der Waals surface area contributed by atoms with E-state index >= 15 is 0 Å². The summed E-state index contributed by atoms with van der Waals surface area (Å²) in [6, 6.07) is 5.79. The van der Waals surface area contributed by atoms with Gasteiger partial charge < -0.3 is 25.4 Å². The summed E-state index contributed by atoms with van der Waals surface area (Å²) in [6.07, 6.45) is 0.940. The zero-order valence-corrected chi connectivity index (χ0v) is 17.4. The van der Waals surface area contributed by atoms with Gasteiger partial charge in [-0.1, -0.05) is 13.0 Å². The highest BCUT2D eigenvalue weighted by molar-refractivity contribution is 5.86. The normalized spacial score (nSPS) is 11.7. The lowest BCUT2D eigenvalue weighted by Crippen LogP contribution is -2.48. The number of carbonyl (C=O) groups is 1. The molecule has 7 heteroatoms. The highest BCUT2D eigenvalue weighted by Gasteiger charge is 2.13. The third-order valence-electron chi connectivity index (χ3n) is 3.38. The molecule has 0 spiro atoms. The summed E-state index contributed by atoms with van der Waals surface area (Å²) in [6.45, 7) is 11.9. The van der Waals surface area contributed by atoms with E-state index in [9.17, 15) is 4.79 Å². The fourth-order valence-corrected chi connectivity index (χ4v) is 2.28. The number of amides is 1. The average molecular weight is 379 g/mol. The summed E-state index contributed by atoms with van der Waals surface area (Å²) >= 11 is 0. The summed E-state index contributed by atoms with van der Waals surface area (Å²) < 4.78 is 11.1. The minimum Gasteiger partial charge on any atom is -0.493 e. The maximum atomic E-state index is 12.0. The number of aliphatic imine (C=N–C) groups is 1. The first kappa shape index (κ1) is 22.6. The molecular weight excluding hydrogens is 344 g/mol. The number of nitrogens with zero attached hydrogens (tertiary/aromatic N) is 1. The van der Waals surface area contributed by atoms with Gasteiger partial charge in [0, 0.05) is 12.1 Å². The highest BCUT2D eigenvalue weighted by Crippen LogP contribution is 2.28. The van der Waals surface area contributed by atoms with E-state index < -0.39 is 0 Å². The van der Waals surface area contributed by atoms with Gasteiger partial charge in [-0.05, 0) is 51.8 Å². The van der Waals surface area contributed by atoms with E-state index in [0.29, 0.717) is 31.4 Å². The molecule has 152 valence electrons. The van der Waals surface area contributed by atoms with Crippen molar-refractivity contribution in [2.24, 2.45) is 4.99 Å². The first-order valence-corrected chi connectivity index (χ1v) is 9.42. The Morgan fingerprint density at radius 2 is 1.89 bits per heavy atom. The average Bonchev–Trinajstić information content (AvgIpc) is 2.61. The van der Waals surface area contributed by atoms with Crippen LogP contribution < -0.4 is 25.4 Å². The van der Waals surface area contributed by atoms with E-state index in [-0.39, 0.29) is 18.0 Å². The van der Waals surface area contributed by atoms with E-state index in [4.69, 9.17) is 9.47 Å². The highest BCUT2D eigenvalue weighted by atomic mass is 16.5. The maximum absolute atomic E-state index is 12.0. The zero-order valence-electron chi connectivity index (χ0n) is 17.4. The van der Waals surface area contributed by atoms with Crippen LogP contribution in [-0.2, 0) is 11.3 Å². The number of guanidine groups is 1. The molecular formula is C20H34N4O3. The van der Waals surface area contributed by atoms with Gasteiger partial charge in [0.1, 0.15) is 0 Å². The van der Waals surface area contributed by atoms with Crippen molar-refractivity contribution in [1.82, 2.24) is 16.0 Å². The molecule has 0 heterocycles. The second-order valence-corrected chi connectivity index (χ2v) is 7.18. The largest absolute Gasteiger partial charge is 0.493 e. The number of hydrogen-bond donors (Lipinski definition) is 3.